The average Bonchev–Trinajstić information content (AvgIpc) is 3.18. The van der Waals surface area contributed by atoms with Gasteiger partial charge in [-0.2, -0.15) is 0 Å². The Balaban J connectivity index is 4.40. The molecule has 6 nitrogen and oxygen atoms in total. The van der Waals surface area contributed by atoms with Crippen molar-refractivity contribution in [2.45, 2.75) is 257 Å². The molecule has 0 aliphatic carbocycles. The largest absolute Gasteiger partial charge is 0.462 e. The zero-order chi connectivity index (χ0) is 40.3. The van der Waals surface area contributed by atoms with Gasteiger partial charge in [-0.05, 0) is 77.0 Å². The molecule has 3 N–H and O–H groups in total. The fourth-order valence-corrected chi connectivity index (χ4v) is 7.05. The van der Waals surface area contributed by atoms with Crippen molar-refractivity contribution in [3.05, 3.63) is 36.5 Å². The predicted molar refractivity (Wildman–Crippen MR) is 236 cm³/mol. The van der Waals surface area contributed by atoms with E-state index in [2.05, 4.69) is 62.5 Å². The van der Waals surface area contributed by atoms with E-state index in [1.807, 2.05) is 0 Å². The number of hydrogen-bond acceptors (Lipinski definition) is 5. The van der Waals surface area contributed by atoms with Crippen LogP contribution < -0.4 is 5.32 Å². The van der Waals surface area contributed by atoms with Crippen LogP contribution >= 0.6 is 0 Å². The molecule has 0 aromatic rings. The number of amides is 1. The molecule has 322 valence electrons. The second-order valence-corrected chi connectivity index (χ2v) is 16.2. The maximum absolute atomic E-state index is 13.1. The highest BCUT2D eigenvalue weighted by atomic mass is 16.5. The van der Waals surface area contributed by atoms with Crippen molar-refractivity contribution in [2.75, 3.05) is 6.61 Å². The molecule has 55 heavy (non-hydrogen) atoms. The van der Waals surface area contributed by atoms with Crippen LogP contribution in [0.4, 0.5) is 0 Å². The second kappa shape index (κ2) is 43.2. The van der Waals surface area contributed by atoms with Gasteiger partial charge in [-0.3, -0.25) is 9.59 Å². The van der Waals surface area contributed by atoms with Gasteiger partial charge in [-0.1, -0.05) is 186 Å². The molecule has 0 aromatic carbocycles. The lowest BCUT2D eigenvalue weighted by Gasteiger charge is -2.24. The van der Waals surface area contributed by atoms with Gasteiger partial charge in [0.2, 0.25) is 5.91 Å². The Morgan fingerprint density at radius 1 is 0.527 bits per heavy atom. The van der Waals surface area contributed by atoms with Gasteiger partial charge >= 0.3 is 5.97 Å². The van der Waals surface area contributed by atoms with Crippen LogP contribution in [0.15, 0.2) is 36.5 Å². The molecule has 0 heterocycles. The zero-order valence-electron chi connectivity index (χ0n) is 36.6. The highest BCUT2D eigenvalue weighted by molar-refractivity contribution is 5.77. The minimum absolute atomic E-state index is 0.0657. The van der Waals surface area contributed by atoms with Gasteiger partial charge in [0.25, 0.3) is 0 Å². The van der Waals surface area contributed by atoms with Gasteiger partial charge in [-0.25, -0.2) is 0 Å². The molecule has 3 atom stereocenters. The first kappa shape index (κ1) is 53.1. The fraction of sp³-hybridized carbons (Fsp3) is 0.837. The third kappa shape index (κ3) is 38.7. The number of aliphatic hydroxyl groups is 2. The molecule has 0 aliphatic rings. The van der Waals surface area contributed by atoms with Crippen LogP contribution in [0, 0.1) is 0 Å². The van der Waals surface area contributed by atoms with Gasteiger partial charge < -0.3 is 20.3 Å². The van der Waals surface area contributed by atoms with E-state index in [0.29, 0.717) is 19.3 Å². The molecule has 0 aromatic heterocycles. The van der Waals surface area contributed by atoms with E-state index in [-0.39, 0.29) is 24.9 Å². The molecular weight excluding hydrogens is 683 g/mol. The molecule has 0 bridgehead atoms. The summed E-state index contributed by atoms with van der Waals surface area (Å²) >= 11 is 0. The first-order valence-corrected chi connectivity index (χ1v) is 23.7. The first-order chi connectivity index (χ1) is 27.0. The highest BCUT2D eigenvalue weighted by Crippen LogP contribution is 2.17. The van der Waals surface area contributed by atoms with Gasteiger partial charge in [0.1, 0.15) is 6.10 Å². The number of nitrogens with one attached hydrogen (secondary N) is 1. The summed E-state index contributed by atoms with van der Waals surface area (Å²) in [4.78, 5) is 25.9. The van der Waals surface area contributed by atoms with Crippen LogP contribution in [0.25, 0.3) is 0 Å². The van der Waals surface area contributed by atoms with E-state index >= 15 is 0 Å². The minimum atomic E-state index is -0.787. The number of esters is 1. The molecule has 6 heteroatoms. The Bertz CT molecular complexity index is 915. The molecule has 0 fully saturated rings. The van der Waals surface area contributed by atoms with Gasteiger partial charge in [0, 0.05) is 6.42 Å². The number of ether oxygens (including phenoxy) is 1. The number of hydrogen-bond donors (Lipinski definition) is 3. The van der Waals surface area contributed by atoms with Crippen molar-refractivity contribution >= 4 is 11.9 Å². The fourth-order valence-electron chi connectivity index (χ4n) is 7.05. The summed E-state index contributed by atoms with van der Waals surface area (Å²) in [5, 5.41) is 23.5. The van der Waals surface area contributed by atoms with E-state index in [1.54, 1.807) is 0 Å². The lowest BCUT2D eigenvalue weighted by molar-refractivity contribution is -0.151. The number of rotatable bonds is 42. The van der Waals surface area contributed by atoms with Crippen molar-refractivity contribution in [1.82, 2.24) is 5.32 Å². The summed E-state index contributed by atoms with van der Waals surface area (Å²) in [6.45, 7) is 6.36. The second-order valence-electron chi connectivity index (χ2n) is 16.2. The number of carbonyl (C=O) groups is 2. The van der Waals surface area contributed by atoms with Crippen molar-refractivity contribution in [1.29, 1.82) is 0 Å². The normalized spacial score (nSPS) is 13.6. The number of allylic oxidation sites excluding steroid dienone is 6. The average molecular weight is 774 g/mol. The van der Waals surface area contributed by atoms with Crippen LogP contribution in [0.2, 0.25) is 0 Å². The summed E-state index contributed by atoms with van der Waals surface area (Å²) in [5.74, 6) is -0.496. The van der Waals surface area contributed by atoms with Crippen molar-refractivity contribution in [3.8, 4) is 0 Å². The molecule has 0 saturated heterocycles. The van der Waals surface area contributed by atoms with Gasteiger partial charge in [-0.15, -0.1) is 0 Å². The van der Waals surface area contributed by atoms with Gasteiger partial charge in [0.05, 0.1) is 25.2 Å². The van der Waals surface area contributed by atoms with Crippen molar-refractivity contribution in [3.63, 3.8) is 0 Å². The van der Waals surface area contributed by atoms with Crippen LogP contribution in [0.3, 0.4) is 0 Å². The Labute approximate surface area is 341 Å². The Morgan fingerprint density at radius 2 is 0.964 bits per heavy atom. The van der Waals surface area contributed by atoms with Crippen LogP contribution in [0.1, 0.15) is 239 Å². The molecule has 3 unspecified atom stereocenters. The molecule has 0 saturated carbocycles. The van der Waals surface area contributed by atoms with Crippen LogP contribution in [-0.4, -0.2) is 46.9 Å². The Kier molecular flexibility index (Phi) is 41.7. The number of unbranched alkanes of at least 4 members (excludes halogenated alkanes) is 24. The topological polar surface area (TPSA) is 95.9 Å². The zero-order valence-corrected chi connectivity index (χ0v) is 36.6. The van der Waals surface area contributed by atoms with E-state index in [4.69, 9.17) is 4.74 Å². The maximum Gasteiger partial charge on any atom is 0.306 e. The maximum atomic E-state index is 13.1. The molecular formula is C49H91NO5. The monoisotopic (exact) mass is 774 g/mol. The van der Waals surface area contributed by atoms with Gasteiger partial charge in [0.15, 0.2) is 0 Å². The van der Waals surface area contributed by atoms with Crippen molar-refractivity contribution in [2.24, 2.45) is 0 Å². The highest BCUT2D eigenvalue weighted by Gasteiger charge is 2.24. The summed E-state index contributed by atoms with van der Waals surface area (Å²) in [6.07, 6.45) is 49.3. The summed E-state index contributed by atoms with van der Waals surface area (Å²) in [5.41, 5.74) is 0. The van der Waals surface area contributed by atoms with Crippen LogP contribution in [-0.2, 0) is 14.3 Å². The van der Waals surface area contributed by atoms with E-state index in [1.165, 1.54) is 109 Å². The molecule has 0 radical (unpaired) electrons. The Hall–Kier alpha value is -1.92. The third-order valence-electron chi connectivity index (χ3n) is 10.7. The number of aliphatic hydroxyl groups excluding tert-OH is 2. The predicted octanol–water partition coefficient (Wildman–Crippen LogP) is 13.7. The third-order valence-corrected chi connectivity index (χ3v) is 10.7. The Morgan fingerprint density at radius 3 is 1.53 bits per heavy atom. The van der Waals surface area contributed by atoms with Crippen molar-refractivity contribution < 1.29 is 24.5 Å². The van der Waals surface area contributed by atoms with E-state index < -0.39 is 18.2 Å². The standard InChI is InChI=1S/C49H91NO5/c1-4-7-10-13-16-19-20-21-22-23-24-25-26-27-28-30-33-36-39-42-49(54)55-45(40-37-34-31-18-15-12-9-6-3)43-48(53)50-46(44-51)47(52)41-38-35-32-29-17-14-11-8-5-2/h12,15-16,19,21-22,45-47,51-52H,4-11,13-14,17-18,20,23-44H2,1-3H3,(H,50,53)/b15-12-,19-16-,22-21-. The SMILES string of the molecule is CCC/C=C\CCCCCC(CC(=O)NC(CO)C(O)CCCCCCCCCCC)OC(=O)CCCCCCCCCCC/C=C\C/C=C\CCCCC. The first-order valence-electron chi connectivity index (χ1n) is 23.7. The molecule has 0 spiro atoms. The quantitative estimate of drug-likeness (QED) is 0.0326. The summed E-state index contributed by atoms with van der Waals surface area (Å²) < 4.78 is 5.88. The smallest absolute Gasteiger partial charge is 0.306 e. The molecule has 0 aliphatic heterocycles. The summed E-state index contributed by atoms with van der Waals surface area (Å²) in [6, 6.07) is -0.702. The van der Waals surface area contributed by atoms with Crippen LogP contribution in [0.5, 0.6) is 0 Å². The van der Waals surface area contributed by atoms with E-state index in [0.717, 1.165) is 83.5 Å². The van der Waals surface area contributed by atoms with E-state index in [9.17, 15) is 19.8 Å². The molecule has 1 amide bonds. The molecule has 0 rings (SSSR count). The summed E-state index contributed by atoms with van der Waals surface area (Å²) in [7, 11) is 0. The lowest BCUT2D eigenvalue weighted by Crippen LogP contribution is -2.46. The number of carbonyl (C=O) groups excluding carboxylic acids is 2. The lowest BCUT2D eigenvalue weighted by atomic mass is 10.0. The minimum Gasteiger partial charge on any atom is -0.462 e.